The highest BCUT2D eigenvalue weighted by Gasteiger charge is 2.47. The molecule has 0 spiro atoms. The number of fused-ring (bicyclic) bond motifs is 1. The SMILES string of the molecule is Cc1ccc([C@@H]2c3ccsc3CCN2CC(=O)N2CCN(C(=O)[C@@H]3C[C@H]3c3ccccc3)[C@H](C)C2)cc1. The van der Waals surface area contributed by atoms with Crippen LogP contribution in [0.2, 0.25) is 0 Å². The predicted molar refractivity (Wildman–Crippen MR) is 148 cm³/mol. The van der Waals surface area contributed by atoms with Crippen LogP contribution in [0.25, 0.3) is 0 Å². The van der Waals surface area contributed by atoms with Crippen molar-refractivity contribution in [2.75, 3.05) is 32.7 Å². The molecule has 0 unspecified atom stereocenters. The lowest BCUT2D eigenvalue weighted by Gasteiger charge is -2.42. The number of rotatable bonds is 5. The van der Waals surface area contributed by atoms with Gasteiger partial charge in [-0.15, -0.1) is 11.3 Å². The van der Waals surface area contributed by atoms with Crippen LogP contribution in [0, 0.1) is 12.8 Å². The molecule has 3 heterocycles. The Balaban J connectivity index is 1.10. The zero-order chi connectivity index (χ0) is 25.5. The summed E-state index contributed by atoms with van der Waals surface area (Å²) in [5, 5.41) is 2.18. The Kier molecular flexibility index (Phi) is 6.63. The van der Waals surface area contributed by atoms with Gasteiger partial charge in [-0.3, -0.25) is 14.5 Å². The molecule has 1 saturated carbocycles. The molecule has 2 amide bonds. The van der Waals surface area contributed by atoms with Crippen LogP contribution in [0.4, 0.5) is 0 Å². The van der Waals surface area contributed by atoms with Crippen LogP contribution in [-0.2, 0) is 16.0 Å². The van der Waals surface area contributed by atoms with Gasteiger partial charge >= 0.3 is 0 Å². The summed E-state index contributed by atoms with van der Waals surface area (Å²) < 4.78 is 0. The summed E-state index contributed by atoms with van der Waals surface area (Å²) in [5.41, 5.74) is 5.10. The highest BCUT2D eigenvalue weighted by molar-refractivity contribution is 7.10. The quantitative estimate of drug-likeness (QED) is 0.489. The van der Waals surface area contributed by atoms with Crippen molar-refractivity contribution in [1.29, 1.82) is 0 Å². The number of nitrogens with zero attached hydrogens (tertiary/aromatic N) is 3. The molecule has 1 aromatic heterocycles. The zero-order valence-corrected chi connectivity index (χ0v) is 22.5. The Labute approximate surface area is 223 Å². The molecule has 4 atom stereocenters. The van der Waals surface area contributed by atoms with Gasteiger partial charge in [-0.2, -0.15) is 0 Å². The molecule has 6 rings (SSSR count). The van der Waals surface area contributed by atoms with E-state index in [1.165, 1.54) is 27.1 Å². The molecule has 5 nitrogen and oxygen atoms in total. The molecule has 37 heavy (non-hydrogen) atoms. The zero-order valence-electron chi connectivity index (χ0n) is 21.7. The third kappa shape index (κ3) is 4.85. The summed E-state index contributed by atoms with van der Waals surface area (Å²) in [4.78, 5) is 34.6. The van der Waals surface area contributed by atoms with E-state index in [0.29, 0.717) is 32.1 Å². The number of hydrogen-bond donors (Lipinski definition) is 0. The number of benzene rings is 2. The van der Waals surface area contributed by atoms with Crippen LogP contribution in [0.5, 0.6) is 0 Å². The summed E-state index contributed by atoms with van der Waals surface area (Å²) in [5.74, 6) is 0.869. The lowest BCUT2D eigenvalue weighted by atomic mass is 9.92. The van der Waals surface area contributed by atoms with Crippen LogP contribution >= 0.6 is 11.3 Å². The molecular formula is C31H35N3O2S. The normalized spacial score (nSPS) is 25.6. The topological polar surface area (TPSA) is 43.9 Å². The molecule has 6 heteroatoms. The average Bonchev–Trinajstić information content (AvgIpc) is 3.58. The Morgan fingerprint density at radius 2 is 1.73 bits per heavy atom. The van der Waals surface area contributed by atoms with Gasteiger partial charge in [-0.25, -0.2) is 0 Å². The summed E-state index contributed by atoms with van der Waals surface area (Å²) >= 11 is 1.83. The van der Waals surface area contributed by atoms with E-state index in [4.69, 9.17) is 0 Å². The molecule has 1 aliphatic carbocycles. The van der Waals surface area contributed by atoms with E-state index in [2.05, 4.69) is 66.6 Å². The summed E-state index contributed by atoms with van der Waals surface area (Å²) in [6.45, 7) is 7.34. The van der Waals surface area contributed by atoms with Crippen LogP contribution in [0.3, 0.4) is 0 Å². The van der Waals surface area contributed by atoms with Crippen molar-refractivity contribution in [1.82, 2.24) is 14.7 Å². The highest BCUT2D eigenvalue weighted by Crippen LogP contribution is 2.48. The molecule has 0 bridgehead atoms. The van der Waals surface area contributed by atoms with Crippen molar-refractivity contribution < 1.29 is 9.59 Å². The summed E-state index contributed by atoms with van der Waals surface area (Å²) in [7, 11) is 0. The van der Waals surface area contributed by atoms with Crippen molar-refractivity contribution in [3.05, 3.63) is 93.2 Å². The van der Waals surface area contributed by atoms with E-state index < -0.39 is 0 Å². The summed E-state index contributed by atoms with van der Waals surface area (Å²) in [6, 6.07) is 21.5. The van der Waals surface area contributed by atoms with Crippen LogP contribution in [0.15, 0.2) is 66.0 Å². The molecule has 0 radical (unpaired) electrons. The van der Waals surface area contributed by atoms with Crippen LogP contribution in [-0.4, -0.2) is 65.3 Å². The standard InChI is InChI=1S/C31H35N3O2S/c1-21-8-10-24(11-9-21)30-25-13-17-37-28(25)12-14-33(30)20-29(35)32-15-16-34(22(2)19-32)31(36)27-18-26(27)23-6-4-3-5-7-23/h3-11,13,17,22,26-27,30H,12,14-16,18-20H2,1-2H3/t22-,26+,27-,30-/m1/s1. The minimum absolute atomic E-state index is 0.0416. The highest BCUT2D eigenvalue weighted by atomic mass is 32.1. The van der Waals surface area contributed by atoms with E-state index in [0.717, 1.165) is 19.4 Å². The minimum Gasteiger partial charge on any atom is -0.338 e. The smallest absolute Gasteiger partial charge is 0.236 e. The van der Waals surface area contributed by atoms with E-state index in [9.17, 15) is 9.59 Å². The Bertz CT molecular complexity index is 1270. The van der Waals surface area contributed by atoms with E-state index in [1.807, 2.05) is 39.3 Å². The second kappa shape index (κ2) is 10.1. The fourth-order valence-corrected chi connectivity index (χ4v) is 7.12. The Morgan fingerprint density at radius 3 is 2.49 bits per heavy atom. The van der Waals surface area contributed by atoms with Gasteiger partial charge in [-0.1, -0.05) is 60.2 Å². The molecule has 2 aromatic carbocycles. The molecule has 3 aliphatic rings. The van der Waals surface area contributed by atoms with Gasteiger partial charge in [-0.05, 0) is 60.7 Å². The van der Waals surface area contributed by atoms with Crippen molar-refractivity contribution in [2.45, 2.75) is 44.7 Å². The third-order valence-electron chi connectivity index (χ3n) is 8.40. The van der Waals surface area contributed by atoms with Crippen molar-refractivity contribution in [3.8, 4) is 0 Å². The fourth-order valence-electron chi connectivity index (χ4n) is 6.21. The van der Waals surface area contributed by atoms with Crippen LogP contribution < -0.4 is 0 Å². The number of hydrogen-bond acceptors (Lipinski definition) is 4. The average molecular weight is 514 g/mol. The summed E-state index contributed by atoms with van der Waals surface area (Å²) in [6.07, 6.45) is 1.93. The Hall–Kier alpha value is -2.96. The number of piperazine rings is 1. The van der Waals surface area contributed by atoms with Gasteiger partial charge in [0, 0.05) is 43.0 Å². The first kappa shape index (κ1) is 24.4. The molecule has 3 aromatic rings. The lowest BCUT2D eigenvalue weighted by molar-refractivity contribution is -0.144. The van der Waals surface area contributed by atoms with Gasteiger partial charge in [0.1, 0.15) is 0 Å². The first-order chi connectivity index (χ1) is 18.0. The third-order valence-corrected chi connectivity index (χ3v) is 9.39. The monoisotopic (exact) mass is 513 g/mol. The van der Waals surface area contributed by atoms with Gasteiger partial charge in [0.05, 0.1) is 12.6 Å². The van der Waals surface area contributed by atoms with Crippen LogP contribution in [0.1, 0.15) is 52.4 Å². The second-order valence-electron chi connectivity index (χ2n) is 10.9. The number of amides is 2. The first-order valence-electron chi connectivity index (χ1n) is 13.5. The van der Waals surface area contributed by atoms with Gasteiger partial charge < -0.3 is 9.80 Å². The molecule has 0 N–H and O–H groups in total. The number of carbonyl (C=O) groups is 2. The molecule has 2 aliphatic heterocycles. The molecular weight excluding hydrogens is 478 g/mol. The maximum absolute atomic E-state index is 13.5. The fraction of sp³-hybridized carbons (Fsp3) is 0.419. The minimum atomic E-state index is 0.0416. The largest absolute Gasteiger partial charge is 0.338 e. The molecule has 2 fully saturated rings. The maximum atomic E-state index is 13.5. The van der Waals surface area contributed by atoms with Gasteiger partial charge in [0.15, 0.2) is 0 Å². The maximum Gasteiger partial charge on any atom is 0.236 e. The second-order valence-corrected chi connectivity index (χ2v) is 11.9. The van der Waals surface area contributed by atoms with Gasteiger partial charge in [0.25, 0.3) is 0 Å². The van der Waals surface area contributed by atoms with Gasteiger partial charge in [0.2, 0.25) is 11.8 Å². The Morgan fingerprint density at radius 1 is 0.946 bits per heavy atom. The van der Waals surface area contributed by atoms with Crippen molar-refractivity contribution >= 4 is 23.2 Å². The lowest BCUT2D eigenvalue weighted by Crippen LogP contribution is -2.57. The number of thiophene rings is 1. The number of carbonyl (C=O) groups excluding carboxylic acids is 2. The van der Waals surface area contributed by atoms with Crippen molar-refractivity contribution in [2.24, 2.45) is 5.92 Å². The predicted octanol–water partition coefficient (Wildman–Crippen LogP) is 4.87. The molecule has 192 valence electrons. The van der Waals surface area contributed by atoms with Crippen molar-refractivity contribution in [3.63, 3.8) is 0 Å². The number of aryl methyl sites for hydroxylation is 1. The van der Waals surface area contributed by atoms with E-state index in [1.54, 1.807) is 0 Å². The van der Waals surface area contributed by atoms with E-state index >= 15 is 0 Å². The molecule has 1 saturated heterocycles. The first-order valence-corrected chi connectivity index (χ1v) is 14.4. The van der Waals surface area contributed by atoms with E-state index in [-0.39, 0.29) is 29.8 Å².